The van der Waals surface area contributed by atoms with Gasteiger partial charge in [0.1, 0.15) is 5.76 Å². The van der Waals surface area contributed by atoms with E-state index < -0.39 is 18.0 Å². The minimum absolute atomic E-state index is 0.0886. The molecule has 0 aliphatic heterocycles. The molecule has 0 radical (unpaired) electrons. The van der Waals surface area contributed by atoms with Crippen molar-refractivity contribution in [2.45, 2.75) is 12.6 Å². The number of carbonyl (C=O) groups excluding carboxylic acids is 1. The summed E-state index contributed by atoms with van der Waals surface area (Å²) in [6.45, 7) is 0.0619. The van der Waals surface area contributed by atoms with Gasteiger partial charge < -0.3 is 25.3 Å². The molecule has 1 aromatic heterocycles. The Bertz CT molecular complexity index is 401. The van der Waals surface area contributed by atoms with E-state index >= 15 is 0 Å². The van der Waals surface area contributed by atoms with E-state index in [1.165, 1.54) is 13.2 Å². The average molecular weight is 242 g/mol. The largest absolute Gasteiger partial charge is 0.479 e. The van der Waals surface area contributed by atoms with Crippen molar-refractivity contribution in [3.8, 4) is 0 Å². The van der Waals surface area contributed by atoms with E-state index in [1.807, 2.05) is 0 Å². The second kappa shape index (κ2) is 6.02. The molecule has 0 saturated carbocycles. The summed E-state index contributed by atoms with van der Waals surface area (Å²) in [5, 5.41) is 11.1. The monoisotopic (exact) mass is 242 g/mol. The van der Waals surface area contributed by atoms with Gasteiger partial charge in [0, 0.05) is 7.11 Å². The predicted molar refractivity (Wildman–Crippen MR) is 57.4 cm³/mol. The number of aliphatic carboxylic acids is 1. The van der Waals surface area contributed by atoms with Gasteiger partial charge in [0.25, 0.3) is 5.91 Å². The van der Waals surface area contributed by atoms with E-state index in [0.29, 0.717) is 5.76 Å². The van der Waals surface area contributed by atoms with E-state index in [1.54, 1.807) is 6.07 Å². The molecule has 1 amide bonds. The van der Waals surface area contributed by atoms with Gasteiger partial charge in [-0.1, -0.05) is 0 Å². The summed E-state index contributed by atoms with van der Waals surface area (Å²) < 4.78 is 9.76. The Kier molecular flexibility index (Phi) is 4.68. The molecule has 94 valence electrons. The molecule has 1 unspecified atom stereocenters. The summed E-state index contributed by atoms with van der Waals surface area (Å²) >= 11 is 0. The molecule has 0 aliphatic carbocycles. The lowest BCUT2D eigenvalue weighted by atomic mass is 10.3. The van der Waals surface area contributed by atoms with Crippen molar-refractivity contribution in [1.29, 1.82) is 0 Å². The molecule has 1 aromatic rings. The summed E-state index contributed by atoms with van der Waals surface area (Å²) in [5.41, 5.74) is 5.32. The fraction of sp³-hybridized carbons (Fsp3) is 0.400. The number of hydrogen-bond acceptors (Lipinski definition) is 5. The summed E-state index contributed by atoms with van der Waals surface area (Å²) in [7, 11) is 1.25. The minimum Gasteiger partial charge on any atom is -0.479 e. The summed E-state index contributed by atoms with van der Waals surface area (Å²) in [4.78, 5) is 22.1. The first-order chi connectivity index (χ1) is 8.08. The van der Waals surface area contributed by atoms with E-state index in [9.17, 15) is 9.59 Å². The number of amides is 1. The fourth-order valence-corrected chi connectivity index (χ4v) is 1.15. The van der Waals surface area contributed by atoms with Gasteiger partial charge in [-0.2, -0.15) is 0 Å². The summed E-state index contributed by atoms with van der Waals surface area (Å²) in [5.74, 6) is -1.08. The van der Waals surface area contributed by atoms with Crippen molar-refractivity contribution in [3.05, 3.63) is 23.7 Å². The van der Waals surface area contributed by atoms with Crippen molar-refractivity contribution in [2.24, 2.45) is 5.73 Å². The quantitative estimate of drug-likeness (QED) is 0.623. The molecule has 7 heteroatoms. The molecular weight excluding hydrogens is 228 g/mol. The lowest BCUT2D eigenvalue weighted by Gasteiger charge is -2.10. The highest BCUT2D eigenvalue weighted by Crippen LogP contribution is 2.06. The molecular formula is C10H14N2O5. The molecule has 0 aromatic carbocycles. The third-order valence-electron chi connectivity index (χ3n) is 2.09. The number of carbonyl (C=O) groups is 2. The van der Waals surface area contributed by atoms with Crippen molar-refractivity contribution >= 4 is 11.9 Å². The first-order valence-electron chi connectivity index (χ1n) is 4.91. The van der Waals surface area contributed by atoms with Crippen LogP contribution in [0.5, 0.6) is 0 Å². The fourth-order valence-electron chi connectivity index (χ4n) is 1.15. The van der Waals surface area contributed by atoms with Gasteiger partial charge in [-0.3, -0.25) is 4.79 Å². The molecule has 17 heavy (non-hydrogen) atoms. The Morgan fingerprint density at radius 1 is 1.59 bits per heavy atom. The molecule has 0 saturated heterocycles. The van der Waals surface area contributed by atoms with Gasteiger partial charge in [0.05, 0.1) is 13.1 Å². The maximum atomic E-state index is 11.5. The van der Waals surface area contributed by atoms with E-state index in [0.717, 1.165) is 0 Å². The number of nitrogens with two attached hydrogens (primary N) is 1. The second-order valence-electron chi connectivity index (χ2n) is 3.24. The van der Waals surface area contributed by atoms with Crippen LogP contribution in [0.25, 0.3) is 0 Å². The normalized spacial score (nSPS) is 12.1. The second-order valence-corrected chi connectivity index (χ2v) is 3.24. The Morgan fingerprint density at radius 3 is 2.76 bits per heavy atom. The van der Waals surface area contributed by atoms with Crippen molar-refractivity contribution in [2.75, 3.05) is 13.7 Å². The number of rotatable bonds is 6. The molecule has 0 bridgehead atoms. The third-order valence-corrected chi connectivity index (χ3v) is 2.09. The van der Waals surface area contributed by atoms with Crippen LogP contribution in [0.3, 0.4) is 0 Å². The van der Waals surface area contributed by atoms with Gasteiger partial charge in [0.2, 0.25) is 0 Å². The van der Waals surface area contributed by atoms with E-state index in [2.05, 4.69) is 10.1 Å². The number of furan rings is 1. The number of carboxylic acids is 1. The van der Waals surface area contributed by atoms with Crippen LogP contribution in [0, 0.1) is 0 Å². The van der Waals surface area contributed by atoms with Crippen molar-refractivity contribution < 1.29 is 23.8 Å². The molecule has 4 N–H and O–H groups in total. The lowest BCUT2D eigenvalue weighted by Crippen LogP contribution is -2.37. The standard InChI is InChI=1S/C10H14N2O5/c1-16-8(10(14)15)5-12-9(13)7-3-2-6(4-11)17-7/h2-3,8H,4-5,11H2,1H3,(H,12,13)(H,14,15). The van der Waals surface area contributed by atoms with Crippen molar-refractivity contribution in [3.63, 3.8) is 0 Å². The van der Waals surface area contributed by atoms with E-state index in [4.69, 9.17) is 15.3 Å². The topological polar surface area (TPSA) is 115 Å². The van der Waals surface area contributed by atoms with Gasteiger partial charge in [-0.25, -0.2) is 4.79 Å². The maximum absolute atomic E-state index is 11.5. The number of carboxylic acid groups (broad SMARTS) is 1. The Morgan fingerprint density at radius 2 is 2.29 bits per heavy atom. The Labute approximate surface area is 97.5 Å². The van der Waals surface area contributed by atoms with E-state index in [-0.39, 0.29) is 18.8 Å². The van der Waals surface area contributed by atoms with Gasteiger partial charge >= 0.3 is 5.97 Å². The Hall–Kier alpha value is -1.86. The predicted octanol–water partition coefficient (Wildman–Crippen LogP) is -0.432. The number of nitrogens with one attached hydrogen (secondary N) is 1. The van der Waals surface area contributed by atoms with Gasteiger partial charge in [-0.05, 0) is 12.1 Å². The SMILES string of the molecule is COC(CNC(=O)c1ccc(CN)o1)C(=O)O. The average Bonchev–Trinajstić information content (AvgIpc) is 2.77. The molecule has 1 rings (SSSR count). The zero-order chi connectivity index (χ0) is 12.8. The zero-order valence-electron chi connectivity index (χ0n) is 9.30. The van der Waals surface area contributed by atoms with Crippen LogP contribution in [-0.2, 0) is 16.1 Å². The number of hydrogen-bond donors (Lipinski definition) is 3. The highest BCUT2D eigenvalue weighted by Gasteiger charge is 2.18. The number of methoxy groups -OCH3 is 1. The van der Waals surface area contributed by atoms with Crippen molar-refractivity contribution in [1.82, 2.24) is 5.32 Å². The van der Waals surface area contributed by atoms with Crippen LogP contribution in [0.1, 0.15) is 16.3 Å². The smallest absolute Gasteiger partial charge is 0.334 e. The maximum Gasteiger partial charge on any atom is 0.334 e. The Balaban J connectivity index is 2.52. The molecule has 0 spiro atoms. The van der Waals surface area contributed by atoms with Gasteiger partial charge in [-0.15, -0.1) is 0 Å². The molecule has 0 fully saturated rings. The van der Waals surface area contributed by atoms with Gasteiger partial charge in [0.15, 0.2) is 11.9 Å². The third kappa shape index (κ3) is 3.58. The van der Waals surface area contributed by atoms with Crippen LogP contribution in [-0.4, -0.2) is 36.7 Å². The molecule has 1 atom stereocenters. The first-order valence-corrected chi connectivity index (χ1v) is 4.91. The lowest BCUT2D eigenvalue weighted by molar-refractivity contribution is -0.148. The summed E-state index contributed by atoms with van der Waals surface area (Å²) in [6.07, 6.45) is -1.08. The van der Waals surface area contributed by atoms with Crippen LogP contribution in [0.15, 0.2) is 16.5 Å². The van der Waals surface area contributed by atoms with Crippen LogP contribution in [0.2, 0.25) is 0 Å². The summed E-state index contributed by atoms with van der Waals surface area (Å²) in [6, 6.07) is 3.06. The van der Waals surface area contributed by atoms with Crippen LogP contribution < -0.4 is 11.1 Å². The van der Waals surface area contributed by atoms with Crippen LogP contribution >= 0.6 is 0 Å². The first kappa shape index (κ1) is 13.2. The zero-order valence-corrected chi connectivity index (χ0v) is 9.30. The minimum atomic E-state index is -1.14. The molecule has 0 aliphatic rings. The van der Waals surface area contributed by atoms with Crippen LogP contribution in [0.4, 0.5) is 0 Å². The highest BCUT2D eigenvalue weighted by molar-refractivity contribution is 5.91. The molecule has 7 nitrogen and oxygen atoms in total. The molecule has 1 heterocycles. The number of ether oxygens (including phenoxy) is 1. The highest BCUT2D eigenvalue weighted by atomic mass is 16.5.